The topological polar surface area (TPSA) is 33.1 Å². The summed E-state index contributed by atoms with van der Waals surface area (Å²) in [4.78, 5) is 4.03. The number of aryl methyl sites for hydroxylation is 1. The minimum Gasteiger partial charge on any atom is -0.392 e. The molecule has 0 saturated carbocycles. The predicted octanol–water partition coefficient (Wildman–Crippen LogP) is 1.64. The van der Waals surface area contributed by atoms with Gasteiger partial charge in [0.25, 0.3) is 0 Å². The molecule has 0 aliphatic heterocycles. The third-order valence-corrected chi connectivity index (χ3v) is 1.96. The van der Waals surface area contributed by atoms with E-state index in [1.807, 2.05) is 13.0 Å². The van der Waals surface area contributed by atoms with Gasteiger partial charge in [-0.1, -0.05) is 0 Å². The molecule has 3 heteroatoms. The van der Waals surface area contributed by atoms with Crippen LogP contribution in [0.15, 0.2) is 16.7 Å². The maximum Gasteiger partial charge on any atom is 0.0694 e. The Morgan fingerprint density at radius 2 is 2.40 bits per heavy atom. The van der Waals surface area contributed by atoms with E-state index in [0.717, 1.165) is 15.7 Å². The van der Waals surface area contributed by atoms with Crippen LogP contribution in [0.4, 0.5) is 0 Å². The lowest BCUT2D eigenvalue weighted by atomic mass is 10.2. The van der Waals surface area contributed by atoms with Crippen molar-refractivity contribution in [3.8, 4) is 0 Å². The number of hydrogen-bond acceptors (Lipinski definition) is 2. The fourth-order valence-corrected chi connectivity index (χ4v) is 1.06. The standard InChI is InChI=1S/C7H8BrNO/c1-5-2-6(4-10)7(8)3-9-5/h2-3,10H,4H2,1H3. The smallest absolute Gasteiger partial charge is 0.0694 e. The number of aromatic nitrogens is 1. The summed E-state index contributed by atoms with van der Waals surface area (Å²) < 4.78 is 0.862. The average molecular weight is 202 g/mol. The van der Waals surface area contributed by atoms with Crippen molar-refractivity contribution in [3.05, 3.63) is 28.0 Å². The molecule has 0 aliphatic carbocycles. The average Bonchev–Trinajstić information content (AvgIpc) is 1.94. The van der Waals surface area contributed by atoms with Gasteiger partial charge in [-0.2, -0.15) is 0 Å². The lowest BCUT2D eigenvalue weighted by Crippen LogP contribution is -1.88. The first kappa shape index (κ1) is 7.69. The summed E-state index contributed by atoms with van der Waals surface area (Å²) in [7, 11) is 0. The molecule has 1 heterocycles. The summed E-state index contributed by atoms with van der Waals surface area (Å²) in [6.07, 6.45) is 1.70. The SMILES string of the molecule is Cc1cc(CO)c(Br)cn1. The van der Waals surface area contributed by atoms with Gasteiger partial charge in [0.1, 0.15) is 0 Å². The van der Waals surface area contributed by atoms with Crippen LogP contribution < -0.4 is 0 Å². The van der Waals surface area contributed by atoms with Gasteiger partial charge in [-0.05, 0) is 34.5 Å². The van der Waals surface area contributed by atoms with E-state index >= 15 is 0 Å². The first-order chi connectivity index (χ1) is 4.74. The van der Waals surface area contributed by atoms with Crippen LogP contribution in [0.5, 0.6) is 0 Å². The Balaban J connectivity index is 3.09. The van der Waals surface area contributed by atoms with Crippen LogP contribution in [-0.4, -0.2) is 10.1 Å². The molecular weight excluding hydrogens is 194 g/mol. The van der Waals surface area contributed by atoms with Crippen LogP contribution in [0.25, 0.3) is 0 Å². The van der Waals surface area contributed by atoms with Crippen LogP contribution in [0, 0.1) is 6.92 Å². The third kappa shape index (κ3) is 1.55. The lowest BCUT2D eigenvalue weighted by Gasteiger charge is -1.99. The second-order valence-electron chi connectivity index (χ2n) is 2.08. The van der Waals surface area contributed by atoms with Gasteiger partial charge < -0.3 is 5.11 Å². The summed E-state index contributed by atoms with van der Waals surface area (Å²) >= 11 is 3.27. The van der Waals surface area contributed by atoms with Crippen LogP contribution >= 0.6 is 15.9 Å². The molecule has 10 heavy (non-hydrogen) atoms. The molecule has 0 bridgehead atoms. The number of hydrogen-bond donors (Lipinski definition) is 1. The Morgan fingerprint density at radius 3 is 2.90 bits per heavy atom. The zero-order valence-electron chi connectivity index (χ0n) is 5.63. The quantitative estimate of drug-likeness (QED) is 0.750. The second kappa shape index (κ2) is 3.12. The molecule has 1 N–H and O–H groups in total. The maximum atomic E-state index is 8.79. The van der Waals surface area contributed by atoms with Gasteiger partial charge in [-0.25, -0.2) is 0 Å². The van der Waals surface area contributed by atoms with E-state index < -0.39 is 0 Å². The Labute approximate surface area is 68.0 Å². The molecule has 2 nitrogen and oxygen atoms in total. The summed E-state index contributed by atoms with van der Waals surface area (Å²) in [6.45, 7) is 1.95. The van der Waals surface area contributed by atoms with Gasteiger partial charge >= 0.3 is 0 Å². The van der Waals surface area contributed by atoms with Crippen molar-refractivity contribution in [2.24, 2.45) is 0 Å². The Morgan fingerprint density at radius 1 is 1.70 bits per heavy atom. The molecule has 0 aliphatic rings. The minimum absolute atomic E-state index is 0.0595. The molecule has 1 aromatic rings. The fourth-order valence-electron chi connectivity index (χ4n) is 0.721. The molecule has 1 rings (SSSR count). The third-order valence-electron chi connectivity index (χ3n) is 1.24. The molecule has 0 atom stereocenters. The molecular formula is C7H8BrNO. The van der Waals surface area contributed by atoms with Crippen molar-refractivity contribution in [2.75, 3.05) is 0 Å². The summed E-state index contributed by atoms with van der Waals surface area (Å²) in [5, 5.41) is 8.79. The monoisotopic (exact) mass is 201 g/mol. The normalized spacial score (nSPS) is 9.90. The van der Waals surface area contributed by atoms with Crippen LogP contribution in [0.3, 0.4) is 0 Å². The van der Waals surface area contributed by atoms with Crippen molar-refractivity contribution in [1.82, 2.24) is 4.98 Å². The second-order valence-corrected chi connectivity index (χ2v) is 2.93. The zero-order valence-corrected chi connectivity index (χ0v) is 7.22. The number of halogens is 1. The maximum absolute atomic E-state index is 8.79. The largest absolute Gasteiger partial charge is 0.392 e. The van der Waals surface area contributed by atoms with Gasteiger partial charge in [-0.3, -0.25) is 4.98 Å². The number of aliphatic hydroxyl groups excluding tert-OH is 1. The van der Waals surface area contributed by atoms with Gasteiger partial charge in [0, 0.05) is 16.4 Å². The van der Waals surface area contributed by atoms with Crippen LogP contribution in [0.2, 0.25) is 0 Å². The Kier molecular flexibility index (Phi) is 2.40. The van der Waals surface area contributed by atoms with Gasteiger partial charge in [-0.15, -0.1) is 0 Å². The number of pyridine rings is 1. The van der Waals surface area contributed by atoms with E-state index in [-0.39, 0.29) is 6.61 Å². The highest BCUT2D eigenvalue weighted by Crippen LogP contribution is 2.15. The number of rotatable bonds is 1. The molecule has 0 saturated heterocycles. The van der Waals surface area contributed by atoms with Crippen LogP contribution in [0.1, 0.15) is 11.3 Å². The number of aliphatic hydroxyl groups is 1. The van der Waals surface area contributed by atoms with Gasteiger partial charge in [0.15, 0.2) is 0 Å². The summed E-state index contributed by atoms with van der Waals surface area (Å²) in [5.74, 6) is 0. The van der Waals surface area contributed by atoms with E-state index in [4.69, 9.17) is 5.11 Å². The van der Waals surface area contributed by atoms with Gasteiger partial charge in [0.05, 0.1) is 6.61 Å². The van der Waals surface area contributed by atoms with E-state index in [1.54, 1.807) is 6.20 Å². The summed E-state index contributed by atoms with van der Waals surface area (Å²) in [6, 6.07) is 1.85. The molecule has 0 amide bonds. The van der Waals surface area contributed by atoms with Crippen molar-refractivity contribution >= 4 is 15.9 Å². The van der Waals surface area contributed by atoms with Crippen LogP contribution in [-0.2, 0) is 6.61 Å². The van der Waals surface area contributed by atoms with E-state index in [0.29, 0.717) is 0 Å². The van der Waals surface area contributed by atoms with Crippen molar-refractivity contribution in [3.63, 3.8) is 0 Å². The van der Waals surface area contributed by atoms with Gasteiger partial charge in [0.2, 0.25) is 0 Å². The molecule has 0 fully saturated rings. The molecule has 0 radical (unpaired) electrons. The predicted molar refractivity (Wildman–Crippen MR) is 42.6 cm³/mol. The highest BCUT2D eigenvalue weighted by atomic mass is 79.9. The van der Waals surface area contributed by atoms with E-state index in [2.05, 4.69) is 20.9 Å². The first-order valence-corrected chi connectivity index (χ1v) is 3.75. The Bertz CT molecular complexity index is 237. The van der Waals surface area contributed by atoms with Crippen molar-refractivity contribution in [1.29, 1.82) is 0 Å². The van der Waals surface area contributed by atoms with Crippen molar-refractivity contribution < 1.29 is 5.11 Å². The fraction of sp³-hybridized carbons (Fsp3) is 0.286. The lowest BCUT2D eigenvalue weighted by molar-refractivity contribution is 0.281. The molecule has 0 unspecified atom stereocenters. The van der Waals surface area contributed by atoms with E-state index in [9.17, 15) is 0 Å². The highest BCUT2D eigenvalue weighted by Gasteiger charge is 1.97. The molecule has 0 spiro atoms. The molecule has 1 aromatic heterocycles. The highest BCUT2D eigenvalue weighted by molar-refractivity contribution is 9.10. The van der Waals surface area contributed by atoms with E-state index in [1.165, 1.54) is 0 Å². The number of nitrogens with zero attached hydrogens (tertiary/aromatic N) is 1. The Hall–Kier alpha value is -0.410. The molecule has 54 valence electrons. The minimum atomic E-state index is 0.0595. The first-order valence-electron chi connectivity index (χ1n) is 2.96. The summed E-state index contributed by atoms with van der Waals surface area (Å²) in [5.41, 5.74) is 1.81. The zero-order chi connectivity index (χ0) is 7.56. The molecule has 0 aromatic carbocycles. The van der Waals surface area contributed by atoms with Crippen molar-refractivity contribution in [2.45, 2.75) is 13.5 Å².